The van der Waals surface area contributed by atoms with E-state index in [1.165, 1.54) is 18.4 Å². The van der Waals surface area contributed by atoms with E-state index < -0.39 is 0 Å². The average molecular weight is 283 g/mol. The van der Waals surface area contributed by atoms with Gasteiger partial charge in [0.2, 0.25) is 0 Å². The second kappa shape index (κ2) is 5.56. The predicted molar refractivity (Wildman–Crippen MR) is 81.7 cm³/mol. The third kappa shape index (κ3) is 2.79. The van der Waals surface area contributed by atoms with Crippen molar-refractivity contribution in [3.05, 3.63) is 64.7 Å². The molecular weight excluding hydrogens is 268 g/mol. The lowest BCUT2D eigenvalue weighted by molar-refractivity contribution is 0.679. The molecule has 3 rings (SSSR count). The Morgan fingerprint density at radius 2 is 1.90 bits per heavy atom. The molecule has 2 aromatic rings. The van der Waals surface area contributed by atoms with Crippen LogP contribution < -0.4 is 5.32 Å². The average Bonchev–Trinajstić information content (AvgIpc) is 3.30. The number of anilines is 1. The van der Waals surface area contributed by atoms with Gasteiger partial charge in [0, 0.05) is 5.69 Å². The molecular formula is C17H15ClN2. The van der Waals surface area contributed by atoms with Crippen LogP contribution in [-0.4, -0.2) is 0 Å². The molecule has 1 atom stereocenters. The highest BCUT2D eigenvalue weighted by molar-refractivity contribution is 6.32. The number of nitriles is 1. The predicted octanol–water partition coefficient (Wildman–Crippen LogP) is 4.77. The van der Waals surface area contributed by atoms with Gasteiger partial charge in [-0.3, -0.25) is 0 Å². The van der Waals surface area contributed by atoms with Crippen molar-refractivity contribution >= 4 is 17.3 Å². The molecule has 0 saturated heterocycles. The summed E-state index contributed by atoms with van der Waals surface area (Å²) in [7, 11) is 0. The molecule has 0 radical (unpaired) electrons. The minimum Gasteiger partial charge on any atom is -0.378 e. The van der Waals surface area contributed by atoms with Gasteiger partial charge in [-0.1, -0.05) is 41.9 Å². The summed E-state index contributed by atoms with van der Waals surface area (Å²) in [5.41, 5.74) is 2.78. The van der Waals surface area contributed by atoms with E-state index in [0.717, 1.165) is 5.69 Å². The zero-order chi connectivity index (χ0) is 13.9. The highest BCUT2D eigenvalue weighted by Gasteiger charge is 2.32. The minimum atomic E-state index is 0.320. The van der Waals surface area contributed by atoms with Crippen molar-refractivity contribution in [2.75, 3.05) is 5.32 Å². The number of benzene rings is 2. The molecule has 1 N–H and O–H groups in total. The van der Waals surface area contributed by atoms with Gasteiger partial charge in [0.15, 0.2) is 0 Å². The van der Waals surface area contributed by atoms with E-state index in [9.17, 15) is 0 Å². The van der Waals surface area contributed by atoms with E-state index in [1.807, 2.05) is 18.2 Å². The third-order valence-corrected chi connectivity index (χ3v) is 3.98. The molecule has 0 aromatic heterocycles. The third-order valence-electron chi connectivity index (χ3n) is 3.66. The van der Waals surface area contributed by atoms with Crippen LogP contribution in [-0.2, 0) is 0 Å². The van der Waals surface area contributed by atoms with Crippen LogP contribution in [0.15, 0.2) is 48.5 Å². The Morgan fingerprint density at radius 3 is 2.50 bits per heavy atom. The van der Waals surface area contributed by atoms with Gasteiger partial charge in [-0.05, 0) is 42.5 Å². The van der Waals surface area contributed by atoms with Crippen LogP contribution in [0.4, 0.5) is 5.69 Å². The van der Waals surface area contributed by atoms with Gasteiger partial charge in [-0.15, -0.1) is 0 Å². The molecule has 1 saturated carbocycles. The number of halogens is 1. The lowest BCUT2D eigenvalue weighted by Crippen LogP contribution is -2.12. The molecule has 100 valence electrons. The summed E-state index contributed by atoms with van der Waals surface area (Å²) < 4.78 is 0. The summed E-state index contributed by atoms with van der Waals surface area (Å²) >= 11 is 6.09. The molecule has 1 fully saturated rings. The van der Waals surface area contributed by atoms with Gasteiger partial charge >= 0.3 is 0 Å². The first-order valence-corrected chi connectivity index (χ1v) is 7.17. The summed E-state index contributed by atoms with van der Waals surface area (Å²) in [6.45, 7) is 0. The van der Waals surface area contributed by atoms with Gasteiger partial charge in [-0.2, -0.15) is 5.26 Å². The first kappa shape index (κ1) is 13.0. The Hall–Kier alpha value is -1.98. The maximum absolute atomic E-state index is 8.91. The number of nitrogens with zero attached hydrogens (tertiary/aromatic N) is 1. The van der Waals surface area contributed by atoms with Gasteiger partial charge in [0.25, 0.3) is 0 Å². The molecule has 0 amide bonds. The van der Waals surface area contributed by atoms with Gasteiger partial charge in [-0.25, -0.2) is 0 Å². The number of nitrogens with one attached hydrogen (secondary N) is 1. The lowest BCUT2D eigenvalue weighted by Gasteiger charge is -2.20. The molecule has 3 heteroatoms. The fourth-order valence-electron chi connectivity index (χ4n) is 2.44. The highest BCUT2D eigenvalue weighted by Crippen LogP contribution is 2.43. The standard InChI is InChI=1S/C17H15ClN2/c18-16-10-15(9-8-14(16)11-19)20-17(13-6-7-13)12-4-2-1-3-5-12/h1-5,8-10,13,17,20H,6-7H2. The fraction of sp³-hybridized carbons (Fsp3) is 0.235. The van der Waals surface area contributed by atoms with Crippen molar-refractivity contribution in [3.63, 3.8) is 0 Å². The second-order valence-corrected chi connectivity index (χ2v) is 5.58. The van der Waals surface area contributed by atoms with Gasteiger partial charge in [0.1, 0.15) is 6.07 Å². The van der Waals surface area contributed by atoms with Crippen molar-refractivity contribution in [2.24, 2.45) is 5.92 Å². The molecule has 2 nitrogen and oxygen atoms in total. The SMILES string of the molecule is N#Cc1ccc(NC(c2ccccc2)C2CC2)cc1Cl. The molecule has 1 aliphatic carbocycles. The highest BCUT2D eigenvalue weighted by atomic mass is 35.5. The van der Waals surface area contributed by atoms with E-state index in [1.54, 1.807) is 6.07 Å². The smallest absolute Gasteiger partial charge is 0.101 e. The number of rotatable bonds is 4. The summed E-state index contributed by atoms with van der Waals surface area (Å²) in [5, 5.41) is 13.0. The summed E-state index contributed by atoms with van der Waals surface area (Å²) in [5.74, 6) is 0.687. The quantitative estimate of drug-likeness (QED) is 0.876. The topological polar surface area (TPSA) is 35.8 Å². The van der Waals surface area contributed by atoms with Crippen LogP contribution in [0, 0.1) is 17.2 Å². The van der Waals surface area contributed by atoms with E-state index >= 15 is 0 Å². The molecule has 1 aliphatic rings. The zero-order valence-corrected chi connectivity index (χ0v) is 11.8. The molecule has 0 spiro atoms. The van der Waals surface area contributed by atoms with Crippen LogP contribution in [0.3, 0.4) is 0 Å². The van der Waals surface area contributed by atoms with Crippen LogP contribution in [0.2, 0.25) is 5.02 Å². The largest absolute Gasteiger partial charge is 0.378 e. The lowest BCUT2D eigenvalue weighted by atomic mass is 10.0. The summed E-state index contributed by atoms with van der Waals surface area (Å²) in [6.07, 6.45) is 2.52. The molecule has 0 bridgehead atoms. The molecule has 0 heterocycles. The van der Waals surface area contributed by atoms with Crippen molar-refractivity contribution in [2.45, 2.75) is 18.9 Å². The fourth-order valence-corrected chi connectivity index (χ4v) is 2.66. The van der Waals surface area contributed by atoms with Crippen molar-refractivity contribution in [1.29, 1.82) is 5.26 Å². The first-order chi connectivity index (χ1) is 9.78. The van der Waals surface area contributed by atoms with Crippen molar-refractivity contribution < 1.29 is 0 Å². The molecule has 0 aliphatic heterocycles. The van der Waals surface area contributed by atoms with Crippen LogP contribution in [0.25, 0.3) is 0 Å². The second-order valence-electron chi connectivity index (χ2n) is 5.18. The van der Waals surface area contributed by atoms with Crippen molar-refractivity contribution in [3.8, 4) is 6.07 Å². The number of hydrogen-bond donors (Lipinski definition) is 1. The summed E-state index contributed by atoms with van der Waals surface area (Å²) in [6, 6.07) is 18.4. The van der Waals surface area contributed by atoms with Crippen LogP contribution in [0.1, 0.15) is 30.0 Å². The van der Waals surface area contributed by atoms with E-state index in [2.05, 4.69) is 35.7 Å². The Balaban J connectivity index is 1.84. The Morgan fingerprint density at radius 1 is 1.15 bits per heavy atom. The maximum Gasteiger partial charge on any atom is 0.101 e. The maximum atomic E-state index is 8.91. The number of hydrogen-bond acceptors (Lipinski definition) is 2. The first-order valence-electron chi connectivity index (χ1n) is 6.79. The van der Waals surface area contributed by atoms with E-state index in [0.29, 0.717) is 22.5 Å². The summed E-state index contributed by atoms with van der Waals surface area (Å²) in [4.78, 5) is 0. The van der Waals surface area contributed by atoms with E-state index in [4.69, 9.17) is 16.9 Å². The van der Waals surface area contributed by atoms with E-state index in [-0.39, 0.29) is 0 Å². The van der Waals surface area contributed by atoms with Crippen molar-refractivity contribution in [1.82, 2.24) is 0 Å². The Bertz CT molecular complexity index is 642. The Kier molecular flexibility index (Phi) is 3.62. The van der Waals surface area contributed by atoms with Gasteiger partial charge in [0.05, 0.1) is 16.6 Å². The minimum absolute atomic E-state index is 0.320. The van der Waals surface area contributed by atoms with Gasteiger partial charge < -0.3 is 5.32 Å². The molecule has 2 aromatic carbocycles. The zero-order valence-electron chi connectivity index (χ0n) is 11.0. The molecule has 20 heavy (non-hydrogen) atoms. The monoisotopic (exact) mass is 282 g/mol. The Labute approximate surface area is 124 Å². The van der Waals surface area contributed by atoms with Crippen LogP contribution >= 0.6 is 11.6 Å². The normalized spacial score (nSPS) is 15.4. The molecule has 1 unspecified atom stereocenters. The van der Waals surface area contributed by atoms with Crippen LogP contribution in [0.5, 0.6) is 0 Å².